The third kappa shape index (κ3) is 6.91. The van der Waals surface area contributed by atoms with Crippen molar-refractivity contribution in [2.45, 2.75) is 80.9 Å². The SMILES string of the molecule is CC(C)(C)OC(=O)Cc1ccc2c(c1)N(S(=O)(=O)c1cccc(C(F)(F)F)c1)C[C@H](CS(=O)(=O)C1CCCC1)O2. The molecule has 1 aliphatic carbocycles. The molecule has 0 saturated heterocycles. The number of hydrogen-bond acceptors (Lipinski definition) is 7. The molecule has 0 bridgehead atoms. The minimum atomic E-state index is -4.77. The van der Waals surface area contributed by atoms with Crippen LogP contribution in [0.3, 0.4) is 0 Å². The fourth-order valence-corrected chi connectivity index (χ4v) is 8.49. The summed E-state index contributed by atoms with van der Waals surface area (Å²) in [6.07, 6.45) is -3.44. The summed E-state index contributed by atoms with van der Waals surface area (Å²) < 4.78 is 106. The Morgan fingerprint density at radius 1 is 1.02 bits per heavy atom. The Morgan fingerprint density at radius 2 is 1.70 bits per heavy atom. The van der Waals surface area contributed by atoms with Gasteiger partial charge < -0.3 is 9.47 Å². The smallest absolute Gasteiger partial charge is 0.416 e. The van der Waals surface area contributed by atoms with Crippen LogP contribution in [0.2, 0.25) is 0 Å². The molecule has 0 unspecified atom stereocenters. The van der Waals surface area contributed by atoms with Gasteiger partial charge in [-0.1, -0.05) is 25.0 Å². The second-order valence-electron chi connectivity index (χ2n) is 11.1. The van der Waals surface area contributed by atoms with Crippen molar-refractivity contribution in [3.05, 3.63) is 53.6 Å². The maximum atomic E-state index is 13.8. The highest BCUT2D eigenvalue weighted by molar-refractivity contribution is 7.93. The molecule has 1 saturated carbocycles. The van der Waals surface area contributed by atoms with Crippen molar-refractivity contribution in [2.24, 2.45) is 0 Å². The Labute approximate surface area is 232 Å². The third-order valence-corrected chi connectivity index (χ3v) is 10.8. The topological polar surface area (TPSA) is 107 Å². The van der Waals surface area contributed by atoms with E-state index in [-0.39, 0.29) is 17.9 Å². The second-order valence-corrected chi connectivity index (χ2v) is 15.3. The summed E-state index contributed by atoms with van der Waals surface area (Å²) in [6.45, 7) is 4.67. The van der Waals surface area contributed by atoms with Crippen LogP contribution >= 0.6 is 0 Å². The van der Waals surface area contributed by atoms with E-state index in [0.29, 0.717) is 24.5 Å². The van der Waals surface area contributed by atoms with Gasteiger partial charge in [-0.3, -0.25) is 9.10 Å². The van der Waals surface area contributed by atoms with Gasteiger partial charge in [0.2, 0.25) is 0 Å². The Bertz CT molecular complexity index is 1480. The number of esters is 1. The molecule has 4 rings (SSSR count). The van der Waals surface area contributed by atoms with Gasteiger partial charge in [-0.05, 0) is 69.5 Å². The number of rotatable bonds is 7. The lowest BCUT2D eigenvalue weighted by Gasteiger charge is -2.36. The molecule has 0 radical (unpaired) electrons. The summed E-state index contributed by atoms with van der Waals surface area (Å²) in [6, 6.07) is 7.71. The molecule has 8 nitrogen and oxygen atoms in total. The van der Waals surface area contributed by atoms with Gasteiger partial charge >= 0.3 is 12.1 Å². The molecular formula is C27H32F3NO7S2. The van der Waals surface area contributed by atoms with E-state index in [1.54, 1.807) is 20.8 Å². The average molecular weight is 604 g/mol. The number of sulfone groups is 1. The van der Waals surface area contributed by atoms with E-state index in [2.05, 4.69) is 0 Å². The highest BCUT2D eigenvalue weighted by Gasteiger charge is 2.40. The Kier molecular flexibility index (Phi) is 8.21. The number of hydrogen-bond donors (Lipinski definition) is 0. The average Bonchev–Trinajstić information content (AvgIpc) is 3.38. The zero-order valence-corrected chi connectivity index (χ0v) is 24.0. The number of nitrogens with zero attached hydrogens (tertiary/aromatic N) is 1. The van der Waals surface area contributed by atoms with Gasteiger partial charge in [0, 0.05) is 0 Å². The second kappa shape index (κ2) is 10.9. The van der Waals surface area contributed by atoms with E-state index >= 15 is 0 Å². The van der Waals surface area contributed by atoms with Crippen LogP contribution < -0.4 is 9.04 Å². The quantitative estimate of drug-likeness (QED) is 0.414. The van der Waals surface area contributed by atoms with Crippen LogP contribution in [0.25, 0.3) is 0 Å². The van der Waals surface area contributed by atoms with Crippen molar-refractivity contribution < 1.29 is 44.3 Å². The lowest BCUT2D eigenvalue weighted by Crippen LogP contribution is -2.47. The van der Waals surface area contributed by atoms with Crippen molar-refractivity contribution in [1.29, 1.82) is 0 Å². The van der Waals surface area contributed by atoms with Gasteiger partial charge in [0.25, 0.3) is 10.0 Å². The van der Waals surface area contributed by atoms with Crippen molar-refractivity contribution in [3.8, 4) is 5.75 Å². The summed E-state index contributed by atoms with van der Waals surface area (Å²) in [4.78, 5) is 11.8. The molecule has 1 heterocycles. The minimum Gasteiger partial charge on any atom is -0.485 e. The van der Waals surface area contributed by atoms with Crippen molar-refractivity contribution in [1.82, 2.24) is 0 Å². The van der Waals surface area contributed by atoms with E-state index in [0.717, 1.165) is 35.3 Å². The third-order valence-electron chi connectivity index (χ3n) is 6.70. The molecule has 1 aliphatic heterocycles. The Hall–Kier alpha value is -2.80. The summed E-state index contributed by atoms with van der Waals surface area (Å²) in [7, 11) is -8.22. The van der Waals surface area contributed by atoms with Crippen LogP contribution in [0.1, 0.15) is 57.6 Å². The molecule has 0 N–H and O–H groups in total. The van der Waals surface area contributed by atoms with Crippen LogP contribution in [0.4, 0.5) is 18.9 Å². The zero-order valence-electron chi connectivity index (χ0n) is 22.4. The molecule has 1 fully saturated rings. The normalized spacial score (nSPS) is 18.8. The van der Waals surface area contributed by atoms with Gasteiger partial charge in [-0.25, -0.2) is 16.8 Å². The van der Waals surface area contributed by atoms with E-state index in [1.165, 1.54) is 18.2 Å². The molecule has 2 aromatic rings. The van der Waals surface area contributed by atoms with Gasteiger partial charge in [-0.15, -0.1) is 0 Å². The molecule has 0 amide bonds. The predicted molar refractivity (Wildman–Crippen MR) is 142 cm³/mol. The highest BCUT2D eigenvalue weighted by atomic mass is 32.2. The van der Waals surface area contributed by atoms with E-state index < -0.39 is 71.7 Å². The lowest BCUT2D eigenvalue weighted by molar-refractivity contribution is -0.153. The number of fused-ring (bicyclic) bond motifs is 1. The largest absolute Gasteiger partial charge is 0.485 e. The molecule has 0 spiro atoms. The van der Waals surface area contributed by atoms with Crippen LogP contribution in [0, 0.1) is 0 Å². The number of sulfonamides is 1. The molecule has 2 aliphatic rings. The van der Waals surface area contributed by atoms with Crippen LogP contribution in [0.5, 0.6) is 5.75 Å². The number of benzene rings is 2. The van der Waals surface area contributed by atoms with Gasteiger partial charge in [0.1, 0.15) is 17.5 Å². The number of ether oxygens (including phenoxy) is 2. The molecule has 1 atom stereocenters. The first-order valence-corrected chi connectivity index (χ1v) is 16.0. The molecule has 0 aromatic heterocycles. The molecule has 40 heavy (non-hydrogen) atoms. The summed E-state index contributed by atoms with van der Waals surface area (Å²) in [5.41, 5.74) is -1.50. The van der Waals surface area contributed by atoms with Crippen molar-refractivity contribution >= 4 is 31.5 Å². The lowest BCUT2D eigenvalue weighted by atomic mass is 10.1. The number of carbonyl (C=O) groups excluding carboxylic acids is 1. The molecule has 220 valence electrons. The Balaban J connectivity index is 1.73. The fourth-order valence-electron chi connectivity index (χ4n) is 4.93. The van der Waals surface area contributed by atoms with E-state index in [4.69, 9.17) is 9.47 Å². The first-order valence-electron chi connectivity index (χ1n) is 12.9. The van der Waals surface area contributed by atoms with Crippen molar-refractivity contribution in [2.75, 3.05) is 16.6 Å². The van der Waals surface area contributed by atoms with Gasteiger partial charge in [0.15, 0.2) is 9.84 Å². The number of alkyl halides is 3. The number of anilines is 1. The van der Waals surface area contributed by atoms with Crippen LogP contribution in [-0.4, -0.2) is 52.1 Å². The van der Waals surface area contributed by atoms with Gasteiger partial charge in [-0.2, -0.15) is 13.2 Å². The zero-order chi connectivity index (χ0) is 29.5. The maximum absolute atomic E-state index is 13.8. The first-order chi connectivity index (χ1) is 18.5. The molecule has 13 heteroatoms. The van der Waals surface area contributed by atoms with Crippen molar-refractivity contribution in [3.63, 3.8) is 0 Å². The number of halogens is 3. The molecule has 2 aromatic carbocycles. The summed E-state index contributed by atoms with van der Waals surface area (Å²) in [5, 5.41) is -0.540. The van der Waals surface area contributed by atoms with Crippen LogP contribution in [0.15, 0.2) is 47.4 Å². The van der Waals surface area contributed by atoms with Crippen LogP contribution in [-0.2, 0) is 42.0 Å². The first kappa shape index (κ1) is 30.2. The highest BCUT2D eigenvalue weighted by Crippen LogP contribution is 2.40. The van der Waals surface area contributed by atoms with E-state index in [1.807, 2.05) is 0 Å². The van der Waals surface area contributed by atoms with E-state index in [9.17, 15) is 34.8 Å². The molecular weight excluding hydrogens is 571 g/mol. The fraction of sp³-hybridized carbons (Fsp3) is 0.519. The standard InChI is InChI=1S/C27H32F3NO7S2/c1-26(2,3)38-25(32)14-18-11-12-24-23(13-18)31(16-20(37-24)17-39(33,34)21-8-4-5-9-21)40(35,36)22-10-6-7-19(15-22)27(28,29)30/h6-7,10-13,15,20-21H,4-5,8-9,14,16-17H2,1-3H3/t20-/m1/s1. The summed E-state index contributed by atoms with van der Waals surface area (Å²) in [5.74, 6) is -0.955. The minimum absolute atomic E-state index is 0.00650. The maximum Gasteiger partial charge on any atom is 0.416 e. The summed E-state index contributed by atoms with van der Waals surface area (Å²) >= 11 is 0. The monoisotopic (exact) mass is 603 g/mol. The number of carbonyl (C=O) groups is 1. The Morgan fingerprint density at radius 3 is 2.33 bits per heavy atom. The predicted octanol–water partition coefficient (Wildman–Crippen LogP) is 4.90. The van der Waals surface area contributed by atoms with Gasteiger partial charge in [0.05, 0.1) is 40.1 Å².